The summed E-state index contributed by atoms with van der Waals surface area (Å²) in [5.74, 6) is 1.65. The maximum absolute atomic E-state index is 5.62. The zero-order valence-corrected chi connectivity index (χ0v) is 19.8. The summed E-state index contributed by atoms with van der Waals surface area (Å²) in [5, 5.41) is 3.56. The van der Waals surface area contributed by atoms with Gasteiger partial charge in [-0.15, -0.1) is 0 Å². The van der Waals surface area contributed by atoms with Gasteiger partial charge in [0.25, 0.3) is 0 Å². The summed E-state index contributed by atoms with van der Waals surface area (Å²) in [6, 6.07) is 9.56. The first kappa shape index (κ1) is 22.8. The molecule has 3 unspecified atom stereocenters. The second-order valence-corrected chi connectivity index (χ2v) is 9.06. The maximum atomic E-state index is 5.62. The summed E-state index contributed by atoms with van der Waals surface area (Å²) in [5.41, 5.74) is 2.64. The molecule has 1 aromatic heterocycles. The second-order valence-electron chi connectivity index (χ2n) is 9.06. The van der Waals surface area contributed by atoms with Crippen LogP contribution in [0.25, 0.3) is 0 Å². The molecule has 0 spiro atoms. The lowest BCUT2D eigenvalue weighted by atomic mass is 9.93. The number of nitrogens with one attached hydrogen (secondary N) is 1. The molecule has 2 aromatic rings. The van der Waals surface area contributed by atoms with Crippen LogP contribution in [0.4, 0.5) is 0 Å². The Labute approximate surface area is 192 Å². The van der Waals surface area contributed by atoms with Crippen molar-refractivity contribution in [3.8, 4) is 0 Å². The Hall–Kier alpha value is -2.38. The molecule has 1 aromatic carbocycles. The van der Waals surface area contributed by atoms with Crippen LogP contribution in [0.2, 0.25) is 0 Å². The number of aromatic nitrogens is 2. The largest absolute Gasteiger partial charge is 0.379 e. The highest BCUT2D eigenvalue weighted by Crippen LogP contribution is 2.28. The molecule has 0 radical (unpaired) electrons. The van der Waals surface area contributed by atoms with Crippen molar-refractivity contribution >= 4 is 5.96 Å². The first-order valence-corrected chi connectivity index (χ1v) is 12.0. The van der Waals surface area contributed by atoms with E-state index in [0.29, 0.717) is 12.0 Å². The number of hydrogen-bond donors (Lipinski definition) is 1. The molecular weight excluding hydrogens is 400 g/mol. The van der Waals surface area contributed by atoms with Crippen LogP contribution in [0.5, 0.6) is 0 Å². The van der Waals surface area contributed by atoms with E-state index in [-0.39, 0.29) is 6.04 Å². The third-order valence-corrected chi connectivity index (χ3v) is 6.79. The number of likely N-dealkylation sites (tertiary alicyclic amines) is 1. The summed E-state index contributed by atoms with van der Waals surface area (Å²) in [6.07, 6.45) is 7.06. The summed E-state index contributed by atoms with van der Waals surface area (Å²) in [4.78, 5) is 14.4. The molecule has 0 aliphatic carbocycles. The molecule has 174 valence electrons. The Morgan fingerprint density at radius 1 is 1.28 bits per heavy atom. The molecule has 0 bridgehead atoms. The number of hydrogen-bond acceptors (Lipinski definition) is 4. The highest BCUT2D eigenvalue weighted by atomic mass is 16.5. The van der Waals surface area contributed by atoms with Crippen molar-refractivity contribution in [1.82, 2.24) is 24.7 Å². The quantitative estimate of drug-likeness (QED) is 0.555. The maximum Gasteiger partial charge on any atom is 0.194 e. The summed E-state index contributed by atoms with van der Waals surface area (Å²) >= 11 is 0. The van der Waals surface area contributed by atoms with Crippen LogP contribution >= 0.6 is 0 Å². The predicted molar refractivity (Wildman–Crippen MR) is 129 cm³/mol. The highest BCUT2D eigenvalue weighted by molar-refractivity contribution is 5.80. The normalized spacial score (nSPS) is 23.8. The van der Waals surface area contributed by atoms with E-state index in [1.54, 1.807) is 0 Å². The summed E-state index contributed by atoms with van der Waals surface area (Å²) in [6.45, 7) is 13.8. The monoisotopic (exact) mass is 438 g/mol. The summed E-state index contributed by atoms with van der Waals surface area (Å²) < 4.78 is 7.87. The molecule has 4 rings (SSSR count). The molecule has 2 aliphatic rings. The number of ether oxygens (including phenoxy) is 1. The standard InChI is InChI=1S/C25H38N6O/c1-4-27-25(30-10-8-21(3)24(18-30)31-11-9-26-19-31)28-17-23(29-12-14-32-15-13-29)22-7-5-6-20(2)16-22/h5-7,9,11,16,19,21,23-24H,4,8,10,12-15,17-18H2,1-3H3,(H,27,28). The third-order valence-electron chi connectivity index (χ3n) is 6.79. The van der Waals surface area contributed by atoms with Gasteiger partial charge in [-0.25, -0.2) is 4.98 Å². The van der Waals surface area contributed by atoms with E-state index in [4.69, 9.17) is 9.73 Å². The van der Waals surface area contributed by atoms with Crippen molar-refractivity contribution in [2.75, 3.05) is 52.5 Å². The van der Waals surface area contributed by atoms with E-state index in [2.05, 4.69) is 75.9 Å². The van der Waals surface area contributed by atoms with Gasteiger partial charge < -0.3 is 19.5 Å². The molecular formula is C25H38N6O. The number of aliphatic imine (C=N–C) groups is 1. The van der Waals surface area contributed by atoms with Gasteiger partial charge in [-0.1, -0.05) is 36.8 Å². The van der Waals surface area contributed by atoms with Gasteiger partial charge in [0.2, 0.25) is 0 Å². The SMILES string of the molecule is CCNC(=NCC(c1cccc(C)c1)N1CCOCC1)N1CCC(C)C(n2ccnc2)C1. The van der Waals surface area contributed by atoms with Crippen molar-refractivity contribution in [3.63, 3.8) is 0 Å². The minimum absolute atomic E-state index is 0.264. The molecule has 32 heavy (non-hydrogen) atoms. The van der Waals surface area contributed by atoms with Gasteiger partial charge in [-0.3, -0.25) is 9.89 Å². The molecule has 7 nitrogen and oxygen atoms in total. The smallest absolute Gasteiger partial charge is 0.194 e. The molecule has 2 aliphatic heterocycles. The van der Waals surface area contributed by atoms with E-state index in [0.717, 1.165) is 64.9 Å². The van der Waals surface area contributed by atoms with Gasteiger partial charge in [0.1, 0.15) is 0 Å². The fraction of sp³-hybridized carbons (Fsp3) is 0.600. The van der Waals surface area contributed by atoms with Crippen LogP contribution in [0.3, 0.4) is 0 Å². The Morgan fingerprint density at radius 2 is 2.12 bits per heavy atom. The topological polar surface area (TPSA) is 57.9 Å². The predicted octanol–water partition coefficient (Wildman–Crippen LogP) is 3.11. The van der Waals surface area contributed by atoms with E-state index < -0.39 is 0 Å². The number of benzene rings is 1. The second kappa shape index (κ2) is 11.0. The first-order chi connectivity index (χ1) is 15.7. The van der Waals surface area contributed by atoms with Crippen LogP contribution in [-0.4, -0.2) is 77.8 Å². The van der Waals surface area contributed by atoms with Gasteiger partial charge in [0.15, 0.2) is 5.96 Å². The van der Waals surface area contributed by atoms with Gasteiger partial charge in [-0.05, 0) is 31.7 Å². The van der Waals surface area contributed by atoms with Crippen molar-refractivity contribution < 1.29 is 4.74 Å². The van der Waals surface area contributed by atoms with Gasteiger partial charge in [0, 0.05) is 45.1 Å². The molecule has 7 heteroatoms. The number of nitrogens with zero attached hydrogens (tertiary/aromatic N) is 5. The Bertz CT molecular complexity index is 861. The lowest BCUT2D eigenvalue weighted by molar-refractivity contribution is 0.0179. The lowest BCUT2D eigenvalue weighted by Crippen LogP contribution is -2.49. The summed E-state index contributed by atoms with van der Waals surface area (Å²) in [7, 11) is 0. The van der Waals surface area contributed by atoms with Crippen LogP contribution < -0.4 is 5.32 Å². The Morgan fingerprint density at radius 3 is 2.84 bits per heavy atom. The molecule has 1 N–H and O–H groups in total. The van der Waals surface area contributed by atoms with Gasteiger partial charge in [0.05, 0.1) is 38.2 Å². The van der Waals surface area contributed by atoms with E-state index in [1.807, 2.05) is 12.5 Å². The Balaban J connectivity index is 1.54. The first-order valence-electron chi connectivity index (χ1n) is 12.0. The van der Waals surface area contributed by atoms with Gasteiger partial charge >= 0.3 is 0 Å². The van der Waals surface area contributed by atoms with Gasteiger partial charge in [-0.2, -0.15) is 0 Å². The number of imidazole rings is 1. The van der Waals surface area contributed by atoms with Crippen molar-refractivity contribution in [2.24, 2.45) is 10.9 Å². The number of guanidine groups is 1. The van der Waals surface area contributed by atoms with Crippen LogP contribution in [0.1, 0.15) is 43.5 Å². The minimum atomic E-state index is 0.264. The zero-order chi connectivity index (χ0) is 22.3. The number of morpholine rings is 1. The van der Waals surface area contributed by atoms with E-state index >= 15 is 0 Å². The third kappa shape index (κ3) is 5.51. The molecule has 0 amide bonds. The van der Waals surface area contributed by atoms with Crippen molar-refractivity contribution in [3.05, 3.63) is 54.1 Å². The van der Waals surface area contributed by atoms with E-state index in [1.165, 1.54) is 11.1 Å². The average Bonchev–Trinajstić information content (AvgIpc) is 3.34. The fourth-order valence-corrected chi connectivity index (χ4v) is 4.89. The van der Waals surface area contributed by atoms with E-state index in [9.17, 15) is 0 Å². The van der Waals surface area contributed by atoms with Crippen LogP contribution in [0, 0.1) is 12.8 Å². The van der Waals surface area contributed by atoms with Crippen LogP contribution in [-0.2, 0) is 4.74 Å². The number of rotatable bonds is 6. The minimum Gasteiger partial charge on any atom is -0.379 e. The molecule has 2 saturated heterocycles. The fourth-order valence-electron chi connectivity index (χ4n) is 4.89. The van der Waals surface area contributed by atoms with Crippen molar-refractivity contribution in [2.45, 2.75) is 39.3 Å². The molecule has 0 saturated carbocycles. The average molecular weight is 439 g/mol. The number of piperidine rings is 1. The molecule has 3 heterocycles. The Kier molecular flexibility index (Phi) is 7.81. The van der Waals surface area contributed by atoms with Crippen molar-refractivity contribution in [1.29, 1.82) is 0 Å². The number of aryl methyl sites for hydroxylation is 1. The zero-order valence-electron chi connectivity index (χ0n) is 19.8. The molecule has 2 fully saturated rings. The lowest BCUT2D eigenvalue weighted by Gasteiger charge is -2.39. The molecule has 3 atom stereocenters. The van der Waals surface area contributed by atoms with Crippen LogP contribution in [0.15, 0.2) is 48.0 Å². The highest BCUT2D eigenvalue weighted by Gasteiger charge is 2.29.